The quantitative estimate of drug-likeness (QED) is 0.387. The van der Waals surface area contributed by atoms with Crippen molar-refractivity contribution in [3.8, 4) is 0 Å². The third kappa shape index (κ3) is 3.56. The summed E-state index contributed by atoms with van der Waals surface area (Å²) in [7, 11) is 3.94. The van der Waals surface area contributed by atoms with Gasteiger partial charge in [-0.2, -0.15) is 0 Å². The van der Waals surface area contributed by atoms with Gasteiger partial charge in [0.2, 0.25) is 10.3 Å². The minimum atomic E-state index is 0.574. The Morgan fingerprint density at radius 3 is 2.19 bits per heavy atom. The monoisotopic (exact) mass is 414 g/mol. The van der Waals surface area contributed by atoms with Crippen molar-refractivity contribution < 1.29 is 0 Å². The van der Waals surface area contributed by atoms with E-state index in [1.54, 1.807) is 12.4 Å². The lowest BCUT2D eigenvalue weighted by Crippen LogP contribution is -2.09. The number of aromatic nitrogens is 2. The van der Waals surface area contributed by atoms with Crippen LogP contribution in [0.2, 0.25) is 0 Å². The van der Waals surface area contributed by atoms with Crippen molar-refractivity contribution in [3.05, 3.63) is 35.3 Å². The molecule has 1 aromatic carbocycles. The highest BCUT2D eigenvalue weighted by Crippen LogP contribution is 2.48. The number of anilines is 2. The van der Waals surface area contributed by atoms with Crippen molar-refractivity contribution in [1.82, 2.24) is 9.97 Å². The molecule has 11 heteroatoms. The highest BCUT2D eigenvalue weighted by atomic mass is 32.1. The molecule has 0 unspecified atom stereocenters. The third-order valence-corrected chi connectivity index (χ3v) is 6.03. The van der Waals surface area contributed by atoms with Crippen LogP contribution in [0.1, 0.15) is 0 Å². The maximum Gasteiger partial charge on any atom is 0.229 e. The fraction of sp³-hybridized carbons (Fsp3) is 0.125. The number of thiophene rings is 1. The summed E-state index contributed by atoms with van der Waals surface area (Å²) in [6.07, 6.45) is 3.39. The lowest BCUT2D eigenvalue weighted by molar-refractivity contribution is 1.14. The maximum atomic E-state index is 6.41. The van der Waals surface area contributed by atoms with Crippen LogP contribution in [0.4, 0.5) is 32.3 Å². The average Bonchev–Trinajstić information content (AvgIpc) is 3.40. The lowest BCUT2D eigenvalue weighted by atomic mass is 10.1. The van der Waals surface area contributed by atoms with E-state index in [0.29, 0.717) is 21.0 Å². The lowest BCUT2D eigenvalue weighted by Gasteiger charge is -2.14. The van der Waals surface area contributed by atoms with E-state index >= 15 is 0 Å². The first kappa shape index (κ1) is 17.6. The van der Waals surface area contributed by atoms with Gasteiger partial charge < -0.3 is 10.6 Å². The van der Waals surface area contributed by atoms with E-state index in [1.165, 1.54) is 34.0 Å². The topological polar surface area (TPSA) is 104 Å². The Morgan fingerprint density at radius 1 is 0.926 bits per heavy atom. The Morgan fingerprint density at radius 2 is 1.59 bits per heavy atom. The smallest absolute Gasteiger partial charge is 0.229 e. The highest BCUT2D eigenvalue weighted by Gasteiger charge is 2.17. The Balaban J connectivity index is 1.83. The standard InChI is InChI=1S/C16H14N8S3/c1-24(2)10-4-3-9(20-22-15-18-5-7-25-15)13-11(10)12(17)14(27-13)21-23-16-19-6-8-26-16/h3-8H,17H2,1-2H3/b22-20?,23-21+. The molecule has 4 rings (SSSR count). The summed E-state index contributed by atoms with van der Waals surface area (Å²) < 4.78 is 0.909. The molecule has 0 radical (unpaired) electrons. The summed E-state index contributed by atoms with van der Waals surface area (Å²) in [5, 5.41) is 23.5. The molecule has 0 aliphatic carbocycles. The van der Waals surface area contributed by atoms with Gasteiger partial charge in [0.1, 0.15) is 5.69 Å². The van der Waals surface area contributed by atoms with Gasteiger partial charge in [0, 0.05) is 48.3 Å². The van der Waals surface area contributed by atoms with Gasteiger partial charge >= 0.3 is 0 Å². The van der Waals surface area contributed by atoms with Gasteiger partial charge in [0.15, 0.2) is 5.00 Å². The number of hydrogen-bond donors (Lipinski definition) is 1. The Hall–Kier alpha value is -2.76. The van der Waals surface area contributed by atoms with Crippen molar-refractivity contribution >= 4 is 76.4 Å². The van der Waals surface area contributed by atoms with Crippen LogP contribution < -0.4 is 10.6 Å². The largest absolute Gasteiger partial charge is 0.396 e. The molecule has 0 saturated carbocycles. The molecule has 2 N–H and O–H groups in total. The Bertz CT molecular complexity index is 1110. The predicted octanol–water partition coefficient (Wildman–Crippen LogP) is 6.29. The van der Waals surface area contributed by atoms with Crippen LogP contribution in [0.3, 0.4) is 0 Å². The number of nitrogens with zero attached hydrogens (tertiary/aromatic N) is 7. The van der Waals surface area contributed by atoms with E-state index in [9.17, 15) is 0 Å². The summed E-state index contributed by atoms with van der Waals surface area (Å²) >= 11 is 4.28. The van der Waals surface area contributed by atoms with Gasteiger partial charge in [0.25, 0.3) is 0 Å². The molecule has 136 valence electrons. The fourth-order valence-electron chi connectivity index (χ4n) is 2.42. The molecule has 3 aromatic heterocycles. The molecule has 0 fully saturated rings. The second kappa shape index (κ2) is 7.47. The number of benzene rings is 1. The molecule has 27 heavy (non-hydrogen) atoms. The van der Waals surface area contributed by atoms with Crippen LogP contribution in [0.25, 0.3) is 10.1 Å². The number of azo groups is 2. The first-order valence-electron chi connectivity index (χ1n) is 7.78. The summed E-state index contributed by atoms with van der Waals surface area (Å²) in [5.41, 5.74) is 8.69. The molecular weight excluding hydrogens is 400 g/mol. The van der Waals surface area contributed by atoms with Gasteiger partial charge in [-0.25, -0.2) is 9.97 Å². The second-order valence-corrected chi connectivity index (χ2v) is 8.30. The number of hydrogen-bond acceptors (Lipinski definition) is 11. The van der Waals surface area contributed by atoms with E-state index < -0.39 is 0 Å². The maximum absolute atomic E-state index is 6.41. The third-order valence-electron chi connectivity index (χ3n) is 3.60. The summed E-state index contributed by atoms with van der Waals surface area (Å²) in [5.74, 6) is 0. The molecular formula is C16H14N8S3. The van der Waals surface area contributed by atoms with Crippen molar-refractivity contribution in [2.45, 2.75) is 0 Å². The SMILES string of the molecule is CN(C)c1ccc(N=Nc2nccs2)c2sc(/N=N/c3nccs3)c(N)c12. The molecule has 0 saturated heterocycles. The van der Waals surface area contributed by atoms with Crippen molar-refractivity contribution in [1.29, 1.82) is 0 Å². The van der Waals surface area contributed by atoms with E-state index in [4.69, 9.17) is 5.73 Å². The molecule has 0 aliphatic heterocycles. The molecule has 3 heterocycles. The van der Waals surface area contributed by atoms with Gasteiger partial charge in [-0.05, 0) is 12.1 Å². The second-order valence-electron chi connectivity index (χ2n) is 5.55. The summed E-state index contributed by atoms with van der Waals surface area (Å²) in [4.78, 5) is 10.2. The zero-order chi connectivity index (χ0) is 18.8. The van der Waals surface area contributed by atoms with Crippen molar-refractivity contribution in [2.75, 3.05) is 24.7 Å². The molecule has 4 aromatic rings. The zero-order valence-corrected chi connectivity index (χ0v) is 16.8. The zero-order valence-electron chi connectivity index (χ0n) is 14.4. The molecule has 8 nitrogen and oxygen atoms in total. The molecule has 0 amide bonds. The summed E-state index contributed by atoms with van der Waals surface area (Å²) in [6, 6.07) is 3.90. The van der Waals surface area contributed by atoms with E-state index in [2.05, 4.69) is 30.4 Å². The molecule has 0 atom stereocenters. The Kier molecular flexibility index (Phi) is 4.88. The highest BCUT2D eigenvalue weighted by molar-refractivity contribution is 7.24. The first-order valence-corrected chi connectivity index (χ1v) is 10.4. The number of nitrogen functional groups attached to an aromatic ring is 1. The van der Waals surface area contributed by atoms with Crippen LogP contribution in [0, 0.1) is 0 Å². The van der Waals surface area contributed by atoms with Crippen molar-refractivity contribution in [3.63, 3.8) is 0 Å². The van der Waals surface area contributed by atoms with E-state index in [1.807, 2.05) is 41.9 Å². The van der Waals surface area contributed by atoms with Crippen molar-refractivity contribution in [2.24, 2.45) is 20.5 Å². The number of nitrogens with two attached hydrogens (primary N) is 1. The van der Waals surface area contributed by atoms with Gasteiger partial charge in [-0.15, -0.1) is 54.5 Å². The minimum absolute atomic E-state index is 0.574. The van der Waals surface area contributed by atoms with E-state index in [0.717, 1.165) is 21.5 Å². The van der Waals surface area contributed by atoms with Crippen LogP contribution in [-0.4, -0.2) is 24.1 Å². The fourth-order valence-corrected chi connectivity index (χ4v) is 4.35. The molecule has 0 bridgehead atoms. The number of thiazole rings is 2. The summed E-state index contributed by atoms with van der Waals surface area (Å²) in [6.45, 7) is 0. The van der Waals surface area contributed by atoms with Gasteiger partial charge in [-0.3, -0.25) is 0 Å². The van der Waals surface area contributed by atoms with Gasteiger partial charge in [-0.1, -0.05) is 0 Å². The van der Waals surface area contributed by atoms with Crippen LogP contribution in [0.15, 0.2) is 55.7 Å². The van der Waals surface area contributed by atoms with E-state index in [-0.39, 0.29) is 0 Å². The normalized spacial score (nSPS) is 11.9. The average molecular weight is 415 g/mol. The Labute approximate surface area is 166 Å². The minimum Gasteiger partial charge on any atom is -0.396 e. The number of fused-ring (bicyclic) bond motifs is 1. The first-order chi connectivity index (χ1) is 13.1. The van der Waals surface area contributed by atoms with Crippen LogP contribution in [-0.2, 0) is 0 Å². The predicted molar refractivity (Wildman–Crippen MR) is 113 cm³/mol. The van der Waals surface area contributed by atoms with Crippen LogP contribution in [0.5, 0.6) is 0 Å². The number of rotatable bonds is 5. The van der Waals surface area contributed by atoms with Gasteiger partial charge in [0.05, 0.1) is 10.4 Å². The molecule has 0 spiro atoms. The molecule has 0 aliphatic rings. The van der Waals surface area contributed by atoms with Crippen LogP contribution >= 0.6 is 34.0 Å².